The van der Waals surface area contributed by atoms with Gasteiger partial charge in [-0.1, -0.05) is 173 Å². The van der Waals surface area contributed by atoms with E-state index in [1.807, 2.05) is 0 Å². The molecule has 0 N–H and O–H groups in total. The summed E-state index contributed by atoms with van der Waals surface area (Å²) in [6.45, 7) is 14.1. The molecule has 1 aromatic carbocycles. The Morgan fingerprint density at radius 3 is 0.833 bits per heavy atom. The van der Waals surface area contributed by atoms with E-state index >= 15 is 0 Å². The average Bonchev–Trinajstić information content (AvgIpc) is 3.09. The summed E-state index contributed by atoms with van der Waals surface area (Å²) in [5.41, 5.74) is 2.76. The lowest BCUT2D eigenvalue weighted by atomic mass is 10.1. The first-order valence-corrected chi connectivity index (χ1v) is 27.3. The number of rotatable bonds is 34. The van der Waals surface area contributed by atoms with Gasteiger partial charge >= 0.3 is 0 Å². The van der Waals surface area contributed by atoms with Gasteiger partial charge < -0.3 is 0 Å². The number of hydrogen-bond donors (Lipinski definition) is 0. The van der Waals surface area contributed by atoms with E-state index in [1.54, 1.807) is 0 Å². The molecule has 0 atom stereocenters. The summed E-state index contributed by atoms with van der Waals surface area (Å²) in [4.78, 5) is 0. The topological polar surface area (TPSA) is 0 Å². The first-order chi connectivity index (χ1) is 23.4. The van der Waals surface area contributed by atoms with Crippen molar-refractivity contribution in [2.45, 2.75) is 208 Å². The molecule has 1 aromatic rings. The zero-order valence-electron chi connectivity index (χ0n) is 33.4. The van der Waals surface area contributed by atoms with Crippen LogP contribution in [0.1, 0.15) is 207 Å². The molecule has 0 aliphatic heterocycles. The van der Waals surface area contributed by atoms with E-state index in [0.717, 1.165) is 10.0 Å². The monoisotopic (exact) mass is 745 g/mol. The fourth-order valence-electron chi connectivity index (χ4n) is 7.90. The van der Waals surface area contributed by atoms with Crippen LogP contribution in [-0.4, -0.2) is 37.0 Å². The van der Waals surface area contributed by atoms with E-state index in [0.29, 0.717) is 0 Å². The molecular weight excluding hydrogens is 661 g/mol. The normalized spacial score (nSPS) is 12.3. The predicted octanol–water partition coefficient (Wildman–Crippen LogP) is 17.5. The summed E-state index contributed by atoms with van der Waals surface area (Å²) in [7, 11) is -2.26. The predicted molar refractivity (Wildman–Crippen MR) is 232 cm³/mol. The summed E-state index contributed by atoms with van der Waals surface area (Å²) in [6, 6.07) is 4.92. The van der Waals surface area contributed by atoms with E-state index in [4.69, 9.17) is 23.2 Å². The average molecular weight is 746 g/mol. The lowest BCUT2D eigenvalue weighted by molar-refractivity contribution is 0.615. The van der Waals surface area contributed by atoms with Gasteiger partial charge in [0.1, 0.15) is 0 Å². The van der Waals surface area contributed by atoms with Crippen molar-refractivity contribution >= 4 is 37.7 Å². The minimum absolute atomic E-state index is 0.917. The van der Waals surface area contributed by atoms with Crippen molar-refractivity contribution in [3.8, 4) is 0 Å². The van der Waals surface area contributed by atoms with E-state index in [2.05, 4.69) is 53.7 Å². The highest BCUT2D eigenvalue weighted by atomic mass is 35.5. The fraction of sp³-hybridized carbons (Fsp3) is 0.864. The van der Waals surface area contributed by atoms with Gasteiger partial charge in [-0.15, -0.1) is 0 Å². The second kappa shape index (κ2) is 30.2. The maximum absolute atomic E-state index is 7.40. The Hall–Kier alpha value is 0.660. The SMILES string of the molecule is CCCCCCCC[P+](CCCCCCCC)(CCCCCCCC)Cc1ccc(C[P+](CCCC)(CCCC)CCCC)c(Cl)c1Cl. The van der Waals surface area contributed by atoms with Gasteiger partial charge in [0.25, 0.3) is 0 Å². The number of unbranched alkanes of at least 4 members (excludes halogenated alkanes) is 18. The summed E-state index contributed by atoms with van der Waals surface area (Å²) >= 11 is 14.8. The third kappa shape index (κ3) is 20.0. The molecule has 1 rings (SSSR count). The third-order valence-corrected chi connectivity index (χ3v) is 21.7. The highest BCUT2D eigenvalue weighted by Crippen LogP contribution is 2.66. The molecule has 0 aromatic heterocycles. The molecule has 0 nitrogen and oxygen atoms in total. The molecule has 282 valence electrons. The maximum atomic E-state index is 7.40. The van der Waals surface area contributed by atoms with Crippen LogP contribution in [0, 0.1) is 0 Å². The van der Waals surface area contributed by atoms with Crippen molar-refractivity contribution in [1.29, 1.82) is 0 Å². The van der Waals surface area contributed by atoms with Gasteiger partial charge in [0.2, 0.25) is 0 Å². The second-order valence-electron chi connectivity index (χ2n) is 15.7. The van der Waals surface area contributed by atoms with Crippen LogP contribution < -0.4 is 0 Å². The van der Waals surface area contributed by atoms with Crippen LogP contribution in [0.15, 0.2) is 12.1 Å². The quantitative estimate of drug-likeness (QED) is 0.0487. The zero-order valence-corrected chi connectivity index (χ0v) is 36.7. The molecule has 0 saturated heterocycles. The highest BCUT2D eigenvalue weighted by molar-refractivity contribution is 7.75. The first kappa shape index (κ1) is 46.7. The Balaban J connectivity index is 3.33. The van der Waals surface area contributed by atoms with Crippen LogP contribution >= 0.6 is 37.7 Å². The summed E-state index contributed by atoms with van der Waals surface area (Å²) in [5, 5.41) is 1.84. The van der Waals surface area contributed by atoms with E-state index < -0.39 is 14.5 Å². The molecule has 0 spiro atoms. The number of benzene rings is 1. The zero-order chi connectivity index (χ0) is 35.4. The minimum atomic E-state index is -1.17. The summed E-state index contributed by atoms with van der Waals surface area (Å²) in [5.74, 6) is 0. The van der Waals surface area contributed by atoms with E-state index in [9.17, 15) is 0 Å². The lowest BCUT2D eigenvalue weighted by Gasteiger charge is -2.30. The van der Waals surface area contributed by atoms with Crippen molar-refractivity contribution < 1.29 is 0 Å². The van der Waals surface area contributed by atoms with Gasteiger partial charge in [-0.25, -0.2) is 0 Å². The van der Waals surface area contributed by atoms with Crippen molar-refractivity contribution in [1.82, 2.24) is 0 Å². The molecular formula is C44H84Cl2P2+2. The van der Waals surface area contributed by atoms with Crippen LogP contribution in [0.5, 0.6) is 0 Å². The molecule has 0 fully saturated rings. The molecule has 0 heterocycles. The van der Waals surface area contributed by atoms with Crippen LogP contribution in [-0.2, 0) is 12.3 Å². The standard InChI is InChI=1S/C44H84Cl2P2/c1-7-13-19-22-25-28-36-48(37-29-26-23-20-14-8-2,38-30-27-24-21-15-9-3)40-42-32-31-41(43(45)44(42)46)39-47(33-16-10-4,34-17-11-5)35-18-12-6/h31-32H,7-30,33-40H2,1-6H3/q+2. The second-order valence-corrected chi connectivity index (χ2v) is 25.2. The van der Waals surface area contributed by atoms with E-state index in [-0.39, 0.29) is 0 Å². The summed E-state index contributed by atoms with van der Waals surface area (Å²) < 4.78 is 0. The van der Waals surface area contributed by atoms with Gasteiger partial charge in [0, 0.05) is 25.7 Å². The van der Waals surface area contributed by atoms with Crippen molar-refractivity contribution in [3.05, 3.63) is 33.3 Å². The molecule has 0 bridgehead atoms. The van der Waals surface area contributed by atoms with Crippen LogP contribution in [0.25, 0.3) is 0 Å². The first-order valence-electron chi connectivity index (χ1n) is 21.5. The Morgan fingerprint density at radius 1 is 0.333 bits per heavy atom. The Kier molecular flexibility index (Phi) is 29.3. The highest BCUT2D eigenvalue weighted by Gasteiger charge is 2.39. The molecule has 4 heteroatoms. The van der Waals surface area contributed by atoms with Gasteiger partial charge in [-0.3, -0.25) is 0 Å². The Bertz CT molecular complexity index is 822. The molecule has 48 heavy (non-hydrogen) atoms. The number of halogens is 2. The van der Waals surface area contributed by atoms with Crippen molar-refractivity contribution in [3.63, 3.8) is 0 Å². The molecule has 0 unspecified atom stereocenters. The van der Waals surface area contributed by atoms with Crippen LogP contribution in [0.3, 0.4) is 0 Å². The molecule has 0 amide bonds. The van der Waals surface area contributed by atoms with Crippen LogP contribution in [0.2, 0.25) is 10.0 Å². The van der Waals surface area contributed by atoms with E-state index in [1.165, 1.54) is 215 Å². The smallest absolute Gasteiger partial charge is 0.0822 e. The molecule has 0 aliphatic rings. The van der Waals surface area contributed by atoms with Crippen molar-refractivity contribution in [2.24, 2.45) is 0 Å². The van der Waals surface area contributed by atoms with Gasteiger partial charge in [-0.2, -0.15) is 0 Å². The Morgan fingerprint density at radius 2 is 0.562 bits per heavy atom. The molecule has 0 saturated carbocycles. The fourth-order valence-corrected chi connectivity index (χ4v) is 18.5. The lowest BCUT2D eigenvalue weighted by Crippen LogP contribution is -2.13. The van der Waals surface area contributed by atoms with Crippen molar-refractivity contribution in [2.75, 3.05) is 37.0 Å². The maximum Gasteiger partial charge on any atom is 0.0857 e. The number of hydrogen-bond acceptors (Lipinski definition) is 0. The molecule has 0 aliphatic carbocycles. The van der Waals surface area contributed by atoms with Gasteiger partial charge in [-0.05, 0) is 57.8 Å². The van der Waals surface area contributed by atoms with Crippen LogP contribution in [0.4, 0.5) is 0 Å². The van der Waals surface area contributed by atoms with Gasteiger partial charge in [0.15, 0.2) is 0 Å². The minimum Gasteiger partial charge on any atom is -0.0822 e. The van der Waals surface area contributed by atoms with Gasteiger partial charge in [0.05, 0.1) is 59.3 Å². The third-order valence-electron chi connectivity index (χ3n) is 11.2. The summed E-state index contributed by atoms with van der Waals surface area (Å²) in [6.07, 6.45) is 44.4. The largest absolute Gasteiger partial charge is 0.0857 e. The Labute approximate surface area is 314 Å². The molecule has 0 radical (unpaired) electrons.